The molecule has 1 fully saturated rings. The van der Waals surface area contributed by atoms with Crippen LogP contribution in [0.4, 0.5) is 4.79 Å². The molecule has 4 nitrogen and oxygen atoms in total. The van der Waals surface area contributed by atoms with Crippen LogP contribution in [0.2, 0.25) is 0 Å². The molecular weight excluding hydrogens is 252 g/mol. The lowest BCUT2D eigenvalue weighted by atomic mass is 10.1. The minimum atomic E-state index is 0.0131. The molecule has 2 unspecified atom stereocenters. The molecule has 1 saturated heterocycles. The molecule has 1 N–H and O–H groups in total. The van der Waals surface area contributed by atoms with Gasteiger partial charge in [0, 0.05) is 19.6 Å². The Morgan fingerprint density at radius 1 is 1.25 bits per heavy atom. The zero-order valence-electron chi connectivity index (χ0n) is 12.6. The molecule has 0 radical (unpaired) electrons. The van der Waals surface area contributed by atoms with Crippen molar-refractivity contribution in [1.29, 1.82) is 0 Å². The van der Waals surface area contributed by atoms with Crippen molar-refractivity contribution in [2.75, 3.05) is 19.6 Å². The van der Waals surface area contributed by atoms with Crippen molar-refractivity contribution >= 4 is 6.03 Å². The van der Waals surface area contributed by atoms with Crippen molar-refractivity contribution < 1.29 is 9.53 Å². The van der Waals surface area contributed by atoms with Gasteiger partial charge in [-0.05, 0) is 32.8 Å². The van der Waals surface area contributed by atoms with Gasteiger partial charge in [-0.3, -0.25) is 0 Å². The summed E-state index contributed by atoms with van der Waals surface area (Å²) in [6.07, 6.45) is 1.09. The van der Waals surface area contributed by atoms with Crippen LogP contribution in [-0.2, 0) is 11.2 Å². The molecule has 0 spiro atoms. The Bertz CT molecular complexity index is 434. The molecule has 2 atom stereocenters. The highest BCUT2D eigenvalue weighted by molar-refractivity contribution is 5.74. The lowest BCUT2D eigenvalue weighted by molar-refractivity contribution is -0.0544. The third kappa shape index (κ3) is 4.23. The van der Waals surface area contributed by atoms with E-state index in [-0.39, 0.29) is 18.2 Å². The fourth-order valence-electron chi connectivity index (χ4n) is 2.52. The largest absolute Gasteiger partial charge is 0.372 e. The van der Waals surface area contributed by atoms with Crippen LogP contribution >= 0.6 is 0 Å². The van der Waals surface area contributed by atoms with Crippen LogP contribution in [0.1, 0.15) is 25.0 Å². The Hall–Kier alpha value is -1.55. The summed E-state index contributed by atoms with van der Waals surface area (Å²) in [6.45, 7) is 8.08. The van der Waals surface area contributed by atoms with Crippen LogP contribution in [0.15, 0.2) is 24.3 Å². The van der Waals surface area contributed by atoms with E-state index in [0.29, 0.717) is 19.6 Å². The standard InChI is InChI=1S/C16H24N2O2/c1-12-4-6-15(7-5-12)8-9-17-16(19)18-10-13(2)20-14(3)11-18/h4-7,13-14H,8-11H2,1-3H3,(H,17,19). The van der Waals surface area contributed by atoms with Gasteiger partial charge in [-0.25, -0.2) is 4.79 Å². The molecule has 0 aromatic heterocycles. The predicted octanol–water partition coefficient (Wildman–Crippen LogP) is 2.36. The normalized spacial score (nSPS) is 22.6. The lowest BCUT2D eigenvalue weighted by Gasteiger charge is -2.35. The molecular formula is C16H24N2O2. The summed E-state index contributed by atoms with van der Waals surface area (Å²) >= 11 is 0. The Morgan fingerprint density at radius 3 is 2.45 bits per heavy atom. The van der Waals surface area contributed by atoms with E-state index in [1.807, 2.05) is 18.7 Å². The maximum Gasteiger partial charge on any atom is 0.317 e. The summed E-state index contributed by atoms with van der Waals surface area (Å²) in [5.41, 5.74) is 2.51. The zero-order chi connectivity index (χ0) is 14.5. The summed E-state index contributed by atoms with van der Waals surface area (Å²) < 4.78 is 5.63. The lowest BCUT2D eigenvalue weighted by Crippen LogP contribution is -2.51. The van der Waals surface area contributed by atoms with Gasteiger partial charge in [0.2, 0.25) is 0 Å². The molecule has 0 saturated carbocycles. The molecule has 0 aliphatic carbocycles. The number of hydrogen-bond donors (Lipinski definition) is 1. The summed E-state index contributed by atoms with van der Waals surface area (Å²) in [6, 6.07) is 8.44. The molecule has 1 aromatic rings. The highest BCUT2D eigenvalue weighted by atomic mass is 16.5. The van der Waals surface area contributed by atoms with Gasteiger partial charge in [-0.1, -0.05) is 29.8 Å². The van der Waals surface area contributed by atoms with Crippen LogP contribution in [0.5, 0.6) is 0 Å². The van der Waals surface area contributed by atoms with Crippen LogP contribution in [0.3, 0.4) is 0 Å². The number of carbonyl (C=O) groups is 1. The predicted molar refractivity (Wildman–Crippen MR) is 79.9 cm³/mol. The van der Waals surface area contributed by atoms with E-state index in [1.54, 1.807) is 0 Å². The Labute approximate surface area is 121 Å². The van der Waals surface area contributed by atoms with Crippen LogP contribution in [0.25, 0.3) is 0 Å². The molecule has 0 bridgehead atoms. The summed E-state index contributed by atoms with van der Waals surface area (Å²) in [4.78, 5) is 13.9. The fourth-order valence-corrected chi connectivity index (χ4v) is 2.52. The monoisotopic (exact) mass is 276 g/mol. The smallest absolute Gasteiger partial charge is 0.317 e. The number of benzene rings is 1. The Balaban J connectivity index is 1.76. The number of aryl methyl sites for hydroxylation is 1. The first kappa shape index (κ1) is 14.9. The van der Waals surface area contributed by atoms with Gasteiger partial charge in [0.15, 0.2) is 0 Å². The molecule has 1 aliphatic heterocycles. The first-order valence-electron chi connectivity index (χ1n) is 7.28. The van der Waals surface area contributed by atoms with E-state index < -0.39 is 0 Å². The Kier molecular flexibility index (Phi) is 5.01. The van der Waals surface area contributed by atoms with E-state index in [1.165, 1.54) is 11.1 Å². The molecule has 1 heterocycles. The van der Waals surface area contributed by atoms with Crippen molar-refractivity contribution in [1.82, 2.24) is 10.2 Å². The van der Waals surface area contributed by atoms with Gasteiger partial charge in [-0.2, -0.15) is 0 Å². The van der Waals surface area contributed by atoms with E-state index >= 15 is 0 Å². The van der Waals surface area contributed by atoms with Crippen LogP contribution in [0, 0.1) is 6.92 Å². The van der Waals surface area contributed by atoms with Gasteiger partial charge >= 0.3 is 6.03 Å². The minimum absolute atomic E-state index is 0.0131. The first-order chi connectivity index (χ1) is 9.54. The van der Waals surface area contributed by atoms with Crippen molar-refractivity contribution in [2.24, 2.45) is 0 Å². The number of urea groups is 1. The van der Waals surface area contributed by atoms with Crippen LogP contribution < -0.4 is 5.32 Å². The number of hydrogen-bond acceptors (Lipinski definition) is 2. The molecule has 110 valence electrons. The molecule has 4 heteroatoms. The highest BCUT2D eigenvalue weighted by Crippen LogP contribution is 2.10. The SMILES string of the molecule is Cc1ccc(CCNC(=O)N2CC(C)OC(C)C2)cc1. The number of nitrogens with zero attached hydrogens (tertiary/aromatic N) is 1. The zero-order valence-corrected chi connectivity index (χ0v) is 12.6. The quantitative estimate of drug-likeness (QED) is 0.921. The van der Waals surface area contributed by atoms with Crippen LogP contribution in [-0.4, -0.2) is 42.8 Å². The number of nitrogens with one attached hydrogen (secondary N) is 1. The first-order valence-corrected chi connectivity index (χ1v) is 7.28. The molecule has 1 aliphatic rings. The number of carbonyl (C=O) groups excluding carboxylic acids is 1. The summed E-state index contributed by atoms with van der Waals surface area (Å²) in [5.74, 6) is 0. The molecule has 1 aromatic carbocycles. The van der Waals surface area contributed by atoms with E-state index in [2.05, 4.69) is 36.5 Å². The van der Waals surface area contributed by atoms with E-state index in [4.69, 9.17) is 4.74 Å². The van der Waals surface area contributed by atoms with Gasteiger partial charge in [0.25, 0.3) is 0 Å². The van der Waals surface area contributed by atoms with E-state index in [9.17, 15) is 4.79 Å². The van der Waals surface area contributed by atoms with Crippen molar-refractivity contribution in [3.63, 3.8) is 0 Å². The van der Waals surface area contributed by atoms with Gasteiger partial charge in [-0.15, -0.1) is 0 Å². The second-order valence-corrected chi connectivity index (χ2v) is 5.63. The number of morpholine rings is 1. The van der Waals surface area contributed by atoms with Crippen molar-refractivity contribution in [3.8, 4) is 0 Å². The van der Waals surface area contributed by atoms with Gasteiger partial charge in [0.1, 0.15) is 0 Å². The third-order valence-corrected chi connectivity index (χ3v) is 3.52. The highest BCUT2D eigenvalue weighted by Gasteiger charge is 2.25. The van der Waals surface area contributed by atoms with E-state index in [0.717, 1.165) is 6.42 Å². The van der Waals surface area contributed by atoms with Gasteiger partial charge < -0.3 is 15.0 Å². The third-order valence-electron chi connectivity index (χ3n) is 3.52. The molecule has 2 amide bonds. The average molecular weight is 276 g/mol. The second-order valence-electron chi connectivity index (χ2n) is 5.63. The summed E-state index contributed by atoms with van der Waals surface area (Å²) in [5, 5.41) is 2.99. The van der Waals surface area contributed by atoms with Crippen molar-refractivity contribution in [2.45, 2.75) is 39.4 Å². The number of rotatable bonds is 3. The maximum absolute atomic E-state index is 12.1. The van der Waals surface area contributed by atoms with Gasteiger partial charge in [0.05, 0.1) is 12.2 Å². The summed E-state index contributed by atoms with van der Waals surface area (Å²) in [7, 11) is 0. The number of ether oxygens (including phenoxy) is 1. The molecule has 2 rings (SSSR count). The number of amides is 2. The maximum atomic E-state index is 12.1. The Morgan fingerprint density at radius 2 is 1.85 bits per heavy atom. The second kappa shape index (κ2) is 6.75. The topological polar surface area (TPSA) is 41.6 Å². The fraction of sp³-hybridized carbons (Fsp3) is 0.562. The van der Waals surface area contributed by atoms with Crippen molar-refractivity contribution in [3.05, 3.63) is 35.4 Å². The average Bonchev–Trinajstić information content (AvgIpc) is 2.40. The minimum Gasteiger partial charge on any atom is -0.372 e. The molecule has 20 heavy (non-hydrogen) atoms.